The van der Waals surface area contributed by atoms with Gasteiger partial charge in [-0.15, -0.1) is 0 Å². The lowest BCUT2D eigenvalue weighted by atomic mass is 10.2. The van der Waals surface area contributed by atoms with Gasteiger partial charge in [-0.3, -0.25) is 15.0 Å². The van der Waals surface area contributed by atoms with Crippen molar-refractivity contribution in [1.29, 1.82) is 0 Å². The molecule has 184 valence electrons. The zero-order valence-corrected chi connectivity index (χ0v) is 21.7. The topological polar surface area (TPSA) is 102 Å². The summed E-state index contributed by atoms with van der Waals surface area (Å²) >= 11 is 12.1. The Balaban J connectivity index is 1.52. The number of hydrogen-bond acceptors (Lipinski definition) is 8. The normalized spacial score (nSPS) is 14.7. The summed E-state index contributed by atoms with van der Waals surface area (Å²) in [6, 6.07) is 18.4. The number of rotatable bonds is 7. The molecule has 8 nitrogen and oxygen atoms in total. The smallest absolute Gasteiger partial charge is 0.339 e. The Labute approximate surface area is 221 Å². The third kappa shape index (κ3) is 5.71. The van der Waals surface area contributed by atoms with E-state index in [-0.39, 0.29) is 25.6 Å². The van der Waals surface area contributed by atoms with Gasteiger partial charge in [0.05, 0.1) is 12.0 Å². The van der Waals surface area contributed by atoms with Crippen LogP contribution in [0.4, 0.5) is 0 Å². The van der Waals surface area contributed by atoms with Gasteiger partial charge >= 0.3 is 10.1 Å². The Morgan fingerprint density at radius 2 is 1.75 bits per heavy atom. The van der Waals surface area contributed by atoms with Gasteiger partial charge in [0, 0.05) is 10.6 Å². The number of amides is 2. The predicted octanol–water partition coefficient (Wildman–Crippen LogP) is 4.66. The van der Waals surface area contributed by atoms with E-state index >= 15 is 0 Å². The van der Waals surface area contributed by atoms with Crippen molar-refractivity contribution < 1.29 is 26.9 Å². The zero-order valence-electron chi connectivity index (χ0n) is 18.5. The molecule has 3 aromatic rings. The van der Waals surface area contributed by atoms with Gasteiger partial charge in [-0.1, -0.05) is 47.6 Å². The molecule has 0 aliphatic carbocycles. The maximum atomic E-state index is 12.9. The zero-order chi connectivity index (χ0) is 25.9. The number of methoxy groups -OCH3 is 1. The number of nitrogens with one attached hydrogen (secondary N) is 1. The van der Waals surface area contributed by atoms with Gasteiger partial charge in [-0.25, -0.2) is 0 Å². The number of carbonyl (C=O) groups is 2. The second-order valence-electron chi connectivity index (χ2n) is 7.23. The molecule has 1 N–H and O–H groups in total. The summed E-state index contributed by atoms with van der Waals surface area (Å²) in [5.74, 6) is -0.902. The van der Waals surface area contributed by atoms with Crippen LogP contribution in [0, 0.1) is 0 Å². The van der Waals surface area contributed by atoms with Crippen LogP contribution in [0.5, 0.6) is 11.5 Å². The Morgan fingerprint density at radius 3 is 2.42 bits per heavy atom. The van der Waals surface area contributed by atoms with E-state index in [0.29, 0.717) is 16.1 Å². The number of thiocarbonyl (C=S) groups is 1. The van der Waals surface area contributed by atoms with Crippen molar-refractivity contribution in [3.63, 3.8) is 0 Å². The highest BCUT2D eigenvalue weighted by molar-refractivity contribution is 8.26. The van der Waals surface area contributed by atoms with Crippen LogP contribution in [0.1, 0.15) is 15.9 Å². The summed E-state index contributed by atoms with van der Waals surface area (Å²) in [4.78, 5) is 25.6. The molecule has 3 aromatic carbocycles. The molecule has 0 atom stereocenters. The van der Waals surface area contributed by atoms with Crippen LogP contribution in [0.3, 0.4) is 0 Å². The van der Waals surface area contributed by atoms with E-state index in [1.165, 1.54) is 43.5 Å². The van der Waals surface area contributed by atoms with Gasteiger partial charge in [0.25, 0.3) is 11.8 Å². The summed E-state index contributed by atoms with van der Waals surface area (Å²) in [5.41, 5.74) is 3.33. The number of nitrogens with zero attached hydrogens (tertiary/aromatic N) is 1. The van der Waals surface area contributed by atoms with Gasteiger partial charge in [0.15, 0.2) is 15.8 Å². The summed E-state index contributed by atoms with van der Waals surface area (Å²) in [6.45, 7) is 0. The van der Waals surface area contributed by atoms with Crippen molar-refractivity contribution in [3.05, 3.63) is 93.9 Å². The number of ether oxygens (including phenoxy) is 1. The average molecular weight is 561 g/mol. The molecule has 0 spiro atoms. The molecule has 2 amide bonds. The molecule has 1 aliphatic rings. The lowest BCUT2D eigenvalue weighted by Gasteiger charge is -2.15. The van der Waals surface area contributed by atoms with Crippen LogP contribution < -0.4 is 14.3 Å². The van der Waals surface area contributed by atoms with Crippen molar-refractivity contribution in [1.82, 2.24) is 10.4 Å². The van der Waals surface area contributed by atoms with Crippen molar-refractivity contribution >= 4 is 67.9 Å². The van der Waals surface area contributed by atoms with Crippen LogP contribution in [-0.4, -0.2) is 36.7 Å². The molecule has 0 unspecified atom stereocenters. The van der Waals surface area contributed by atoms with Gasteiger partial charge in [0.2, 0.25) is 0 Å². The van der Waals surface area contributed by atoms with Crippen LogP contribution in [0.2, 0.25) is 5.02 Å². The molecule has 36 heavy (non-hydrogen) atoms. The minimum atomic E-state index is -4.07. The van der Waals surface area contributed by atoms with Gasteiger partial charge < -0.3 is 8.92 Å². The van der Waals surface area contributed by atoms with E-state index in [1.807, 2.05) is 0 Å². The standard InChI is InChI=1S/C24H17ClN2O6S3/c1-32-20-13-15(7-12-19(20)33-36(30,31)18-5-3-2-4-6-18)14-21-23(29)27(24(34)35-21)26-22(28)16-8-10-17(25)11-9-16/h2-14H,1H3,(H,26,28)/b21-14-. The van der Waals surface area contributed by atoms with E-state index in [1.54, 1.807) is 42.5 Å². The highest BCUT2D eigenvalue weighted by Gasteiger charge is 2.34. The minimum absolute atomic E-state index is 0.000418. The molecule has 1 fully saturated rings. The first kappa shape index (κ1) is 25.7. The fourth-order valence-corrected chi connectivity index (χ4v) is 5.35. The lowest BCUT2D eigenvalue weighted by Crippen LogP contribution is -2.44. The number of hydrogen-bond donors (Lipinski definition) is 1. The average Bonchev–Trinajstić information content (AvgIpc) is 3.13. The number of thioether (sulfide) groups is 1. The molecule has 1 heterocycles. The molecule has 0 radical (unpaired) electrons. The molecule has 1 saturated heterocycles. The van der Waals surface area contributed by atoms with Crippen molar-refractivity contribution in [2.24, 2.45) is 0 Å². The van der Waals surface area contributed by atoms with Crippen molar-refractivity contribution in [2.75, 3.05) is 7.11 Å². The number of benzene rings is 3. The van der Waals surface area contributed by atoms with Crippen LogP contribution >= 0.6 is 35.6 Å². The fourth-order valence-electron chi connectivity index (χ4n) is 3.08. The Bertz CT molecular complexity index is 1480. The molecular formula is C24H17ClN2O6S3. The van der Waals surface area contributed by atoms with Crippen molar-refractivity contribution in [2.45, 2.75) is 4.90 Å². The first-order valence-electron chi connectivity index (χ1n) is 10.2. The number of hydrazine groups is 1. The van der Waals surface area contributed by atoms with Gasteiger partial charge in [-0.05, 0) is 72.4 Å². The summed E-state index contributed by atoms with van der Waals surface area (Å²) in [5, 5.41) is 1.47. The second kappa shape index (κ2) is 10.7. The molecule has 4 rings (SSSR count). The molecule has 1 aliphatic heterocycles. The van der Waals surface area contributed by atoms with Gasteiger partial charge in [0.1, 0.15) is 4.90 Å². The molecule has 0 bridgehead atoms. The maximum Gasteiger partial charge on any atom is 0.339 e. The van der Waals surface area contributed by atoms with E-state index in [2.05, 4.69) is 5.43 Å². The van der Waals surface area contributed by atoms with Crippen LogP contribution in [-0.2, 0) is 14.9 Å². The lowest BCUT2D eigenvalue weighted by molar-refractivity contribution is -0.123. The highest BCUT2D eigenvalue weighted by Crippen LogP contribution is 2.35. The second-order valence-corrected chi connectivity index (χ2v) is 10.9. The monoisotopic (exact) mass is 560 g/mol. The third-order valence-electron chi connectivity index (χ3n) is 4.83. The first-order valence-corrected chi connectivity index (χ1v) is 13.2. The molecular weight excluding hydrogens is 544 g/mol. The first-order chi connectivity index (χ1) is 17.2. The maximum absolute atomic E-state index is 12.9. The number of carbonyl (C=O) groups excluding carboxylic acids is 2. The third-order valence-corrected chi connectivity index (χ3v) is 7.63. The van der Waals surface area contributed by atoms with E-state index in [9.17, 15) is 18.0 Å². The van der Waals surface area contributed by atoms with Crippen molar-refractivity contribution in [3.8, 4) is 11.5 Å². The summed E-state index contributed by atoms with van der Waals surface area (Å²) in [7, 11) is -2.70. The Hall–Kier alpha value is -3.38. The van der Waals surface area contributed by atoms with E-state index in [4.69, 9.17) is 32.7 Å². The highest BCUT2D eigenvalue weighted by atomic mass is 35.5. The van der Waals surface area contributed by atoms with Gasteiger partial charge in [-0.2, -0.15) is 13.4 Å². The van der Waals surface area contributed by atoms with Crippen LogP contribution in [0.25, 0.3) is 6.08 Å². The van der Waals surface area contributed by atoms with E-state index < -0.39 is 21.9 Å². The Kier molecular flexibility index (Phi) is 7.65. The fraction of sp³-hybridized carbons (Fsp3) is 0.0417. The minimum Gasteiger partial charge on any atom is -0.493 e. The molecule has 12 heteroatoms. The van der Waals surface area contributed by atoms with E-state index in [0.717, 1.165) is 16.8 Å². The largest absolute Gasteiger partial charge is 0.493 e. The predicted molar refractivity (Wildman–Crippen MR) is 141 cm³/mol. The number of halogens is 1. The SMILES string of the molecule is COc1cc(/C=C2\SC(=S)N(NC(=O)c3ccc(Cl)cc3)C2=O)ccc1OS(=O)(=O)c1ccccc1. The summed E-state index contributed by atoms with van der Waals surface area (Å²) in [6.07, 6.45) is 1.55. The molecule has 0 aromatic heterocycles. The Morgan fingerprint density at radius 1 is 1.06 bits per heavy atom. The quantitative estimate of drug-likeness (QED) is 0.253. The molecule has 0 saturated carbocycles. The van der Waals surface area contributed by atoms with Crippen LogP contribution in [0.15, 0.2) is 82.6 Å². The summed E-state index contributed by atoms with van der Waals surface area (Å²) < 4.78 is 35.8.